The average Bonchev–Trinajstić information content (AvgIpc) is 2.89. The minimum atomic E-state index is -2.93. The van der Waals surface area contributed by atoms with E-state index < -0.39 is 9.84 Å². The van der Waals surface area contributed by atoms with Gasteiger partial charge in [0.15, 0.2) is 9.84 Å². The number of nitrogens with one attached hydrogen (secondary N) is 1. The van der Waals surface area contributed by atoms with Gasteiger partial charge in [0.1, 0.15) is 5.75 Å². The molecule has 2 aliphatic heterocycles. The van der Waals surface area contributed by atoms with Gasteiger partial charge in [-0.1, -0.05) is 18.6 Å². The highest BCUT2D eigenvalue weighted by Crippen LogP contribution is 2.23. The van der Waals surface area contributed by atoms with Crippen LogP contribution in [0.2, 0.25) is 0 Å². The molecule has 0 aromatic heterocycles. The summed E-state index contributed by atoms with van der Waals surface area (Å²) in [5.41, 5.74) is 1.15. The SMILES string of the molecule is COc1ccc(CN[C@@H]2CS(=O)(=O)C[C@H]2N2CCCCC2)cc1. The van der Waals surface area contributed by atoms with E-state index in [0.717, 1.165) is 24.4 Å². The Kier molecular flexibility index (Phi) is 5.24. The zero-order valence-corrected chi connectivity index (χ0v) is 14.5. The van der Waals surface area contributed by atoms with Crippen LogP contribution in [0.4, 0.5) is 0 Å². The van der Waals surface area contributed by atoms with Crippen LogP contribution in [-0.4, -0.2) is 57.1 Å². The number of benzene rings is 1. The van der Waals surface area contributed by atoms with Crippen molar-refractivity contribution in [1.29, 1.82) is 0 Å². The Bertz CT molecular complexity index is 609. The van der Waals surface area contributed by atoms with Crippen molar-refractivity contribution >= 4 is 9.84 Å². The maximum atomic E-state index is 12.1. The molecule has 1 aromatic carbocycles. The second-order valence-corrected chi connectivity index (χ2v) is 8.73. The molecule has 23 heavy (non-hydrogen) atoms. The first-order chi connectivity index (χ1) is 11.1. The number of hydrogen-bond acceptors (Lipinski definition) is 5. The van der Waals surface area contributed by atoms with E-state index in [0.29, 0.717) is 12.3 Å². The summed E-state index contributed by atoms with van der Waals surface area (Å²) < 4.78 is 29.4. The Morgan fingerprint density at radius 3 is 2.48 bits per heavy atom. The largest absolute Gasteiger partial charge is 0.497 e. The van der Waals surface area contributed by atoms with Crippen LogP contribution < -0.4 is 10.1 Å². The van der Waals surface area contributed by atoms with Gasteiger partial charge in [0.25, 0.3) is 0 Å². The van der Waals surface area contributed by atoms with Crippen molar-refractivity contribution < 1.29 is 13.2 Å². The van der Waals surface area contributed by atoms with Crippen molar-refractivity contribution in [3.8, 4) is 5.75 Å². The van der Waals surface area contributed by atoms with Crippen molar-refractivity contribution in [2.24, 2.45) is 0 Å². The van der Waals surface area contributed by atoms with Gasteiger partial charge in [0.2, 0.25) is 0 Å². The lowest BCUT2D eigenvalue weighted by Crippen LogP contribution is -2.50. The van der Waals surface area contributed by atoms with Gasteiger partial charge in [-0.3, -0.25) is 4.90 Å². The predicted molar refractivity (Wildman–Crippen MR) is 91.5 cm³/mol. The van der Waals surface area contributed by atoms with Crippen molar-refractivity contribution in [2.75, 3.05) is 31.7 Å². The normalized spacial score (nSPS) is 27.9. The Balaban J connectivity index is 1.63. The summed E-state index contributed by atoms with van der Waals surface area (Å²) in [5.74, 6) is 1.39. The molecule has 2 heterocycles. The van der Waals surface area contributed by atoms with Crippen LogP contribution in [0, 0.1) is 0 Å². The predicted octanol–water partition coefficient (Wildman–Crippen LogP) is 1.44. The van der Waals surface area contributed by atoms with Gasteiger partial charge >= 0.3 is 0 Å². The molecule has 1 N–H and O–H groups in total. The Hall–Kier alpha value is -1.11. The lowest BCUT2D eigenvalue weighted by atomic mass is 10.0. The summed E-state index contributed by atoms with van der Waals surface area (Å²) in [6, 6.07) is 8.06. The van der Waals surface area contributed by atoms with Crippen LogP contribution in [0.25, 0.3) is 0 Å². The molecule has 2 atom stereocenters. The summed E-state index contributed by atoms with van der Waals surface area (Å²) >= 11 is 0. The van der Waals surface area contributed by atoms with E-state index in [1.54, 1.807) is 7.11 Å². The van der Waals surface area contributed by atoms with Crippen molar-refractivity contribution in [1.82, 2.24) is 10.2 Å². The minimum absolute atomic E-state index is 0.0280. The molecule has 0 spiro atoms. The molecule has 2 aliphatic rings. The summed E-state index contributed by atoms with van der Waals surface area (Å²) in [6.07, 6.45) is 3.63. The molecule has 0 bridgehead atoms. The van der Waals surface area contributed by atoms with E-state index in [9.17, 15) is 8.42 Å². The second-order valence-electron chi connectivity index (χ2n) is 6.58. The third-order valence-electron chi connectivity index (χ3n) is 4.91. The third-order valence-corrected chi connectivity index (χ3v) is 6.63. The van der Waals surface area contributed by atoms with Crippen molar-refractivity contribution in [3.63, 3.8) is 0 Å². The maximum Gasteiger partial charge on any atom is 0.153 e. The number of methoxy groups -OCH3 is 1. The fourth-order valence-corrected chi connectivity index (χ4v) is 5.61. The number of nitrogens with zero attached hydrogens (tertiary/aromatic N) is 1. The molecule has 5 nitrogen and oxygen atoms in total. The van der Waals surface area contributed by atoms with Gasteiger partial charge in [-0.2, -0.15) is 0 Å². The van der Waals surface area contributed by atoms with Crippen molar-refractivity contribution in [2.45, 2.75) is 37.9 Å². The van der Waals surface area contributed by atoms with Gasteiger partial charge in [0, 0.05) is 18.6 Å². The molecule has 0 radical (unpaired) electrons. The molecule has 2 fully saturated rings. The molecule has 6 heteroatoms. The van der Waals surface area contributed by atoms with E-state index >= 15 is 0 Å². The van der Waals surface area contributed by atoms with Gasteiger partial charge in [0.05, 0.1) is 18.6 Å². The summed E-state index contributed by atoms with van der Waals surface area (Å²) in [7, 11) is -1.28. The van der Waals surface area contributed by atoms with Gasteiger partial charge in [-0.15, -0.1) is 0 Å². The molecule has 1 aromatic rings. The van der Waals surface area contributed by atoms with Crippen LogP contribution >= 0.6 is 0 Å². The molecule has 0 saturated carbocycles. The van der Waals surface area contributed by atoms with Gasteiger partial charge in [-0.05, 0) is 43.6 Å². The first kappa shape index (κ1) is 16.7. The van der Waals surface area contributed by atoms with Crippen LogP contribution in [-0.2, 0) is 16.4 Å². The smallest absolute Gasteiger partial charge is 0.153 e. The summed E-state index contributed by atoms with van der Waals surface area (Å²) in [5, 5.41) is 3.48. The fourth-order valence-electron chi connectivity index (χ4n) is 3.63. The molecule has 3 rings (SSSR count). The van der Waals surface area contributed by atoms with E-state index in [1.165, 1.54) is 19.3 Å². The lowest BCUT2D eigenvalue weighted by molar-refractivity contribution is 0.155. The number of likely N-dealkylation sites (tertiary alicyclic amines) is 1. The van der Waals surface area contributed by atoms with Crippen LogP contribution in [0.3, 0.4) is 0 Å². The zero-order valence-electron chi connectivity index (χ0n) is 13.7. The van der Waals surface area contributed by atoms with Crippen LogP contribution in [0.15, 0.2) is 24.3 Å². The molecule has 0 aliphatic carbocycles. The molecule has 128 valence electrons. The van der Waals surface area contributed by atoms with Gasteiger partial charge in [-0.25, -0.2) is 8.42 Å². The second kappa shape index (κ2) is 7.20. The van der Waals surface area contributed by atoms with E-state index in [4.69, 9.17) is 4.74 Å². The highest BCUT2D eigenvalue weighted by Gasteiger charge is 2.40. The Labute approximate surface area is 138 Å². The minimum Gasteiger partial charge on any atom is -0.497 e. The maximum absolute atomic E-state index is 12.1. The number of sulfone groups is 1. The fraction of sp³-hybridized carbons (Fsp3) is 0.647. The van der Waals surface area contributed by atoms with E-state index in [2.05, 4.69) is 10.2 Å². The number of rotatable bonds is 5. The van der Waals surface area contributed by atoms with Crippen LogP contribution in [0.1, 0.15) is 24.8 Å². The molecule has 0 unspecified atom stereocenters. The highest BCUT2D eigenvalue weighted by atomic mass is 32.2. The molecule has 0 amide bonds. The number of hydrogen-bond donors (Lipinski definition) is 1. The molecular formula is C17H26N2O3S. The first-order valence-corrected chi connectivity index (χ1v) is 10.2. The molecule has 2 saturated heterocycles. The van der Waals surface area contributed by atoms with Crippen LogP contribution in [0.5, 0.6) is 5.75 Å². The zero-order chi connectivity index (χ0) is 16.3. The third kappa shape index (κ3) is 4.25. The van der Waals surface area contributed by atoms with E-state index in [1.807, 2.05) is 24.3 Å². The number of ether oxygens (including phenoxy) is 1. The highest BCUT2D eigenvalue weighted by molar-refractivity contribution is 7.91. The molecular weight excluding hydrogens is 312 g/mol. The van der Waals surface area contributed by atoms with Crippen molar-refractivity contribution in [3.05, 3.63) is 29.8 Å². The van der Waals surface area contributed by atoms with Gasteiger partial charge < -0.3 is 10.1 Å². The number of piperidine rings is 1. The lowest BCUT2D eigenvalue weighted by Gasteiger charge is -2.35. The first-order valence-electron chi connectivity index (χ1n) is 8.38. The Morgan fingerprint density at radius 1 is 1.13 bits per heavy atom. The topological polar surface area (TPSA) is 58.6 Å². The quantitative estimate of drug-likeness (QED) is 0.880. The van der Waals surface area contributed by atoms with E-state index in [-0.39, 0.29) is 17.8 Å². The Morgan fingerprint density at radius 2 is 1.83 bits per heavy atom. The summed E-state index contributed by atoms with van der Waals surface area (Å²) in [6.45, 7) is 2.75. The summed E-state index contributed by atoms with van der Waals surface area (Å²) in [4.78, 5) is 2.37. The average molecular weight is 338 g/mol. The monoisotopic (exact) mass is 338 g/mol. The standard InChI is InChI=1S/C17H26N2O3S/c1-22-15-7-5-14(6-8-15)11-18-16-12-23(20,21)13-17(16)19-9-3-2-4-10-19/h5-8,16-18H,2-4,9-13H2,1H3/t16-,17-/m1/s1.